The Balaban J connectivity index is 1.81. The average Bonchev–Trinajstić information content (AvgIpc) is 3.19. The zero-order valence-corrected chi connectivity index (χ0v) is 17.8. The van der Waals surface area contributed by atoms with Gasteiger partial charge in [-0.15, -0.1) is 0 Å². The summed E-state index contributed by atoms with van der Waals surface area (Å²) in [6.45, 7) is 0. The average molecular weight is 493 g/mol. The molecule has 0 amide bonds. The Labute approximate surface area is 188 Å². The van der Waals surface area contributed by atoms with Crippen LogP contribution < -0.4 is 0 Å². The van der Waals surface area contributed by atoms with E-state index in [1.54, 1.807) is 36.5 Å². The molecule has 0 bridgehead atoms. The lowest BCUT2D eigenvalue weighted by atomic mass is 10.00. The van der Waals surface area contributed by atoms with Crippen molar-refractivity contribution in [1.29, 1.82) is 5.26 Å². The van der Waals surface area contributed by atoms with Crippen molar-refractivity contribution in [2.24, 2.45) is 0 Å². The fraction of sp³-hybridized carbons (Fsp3) is 0.0417. The van der Waals surface area contributed by atoms with Gasteiger partial charge < -0.3 is 0 Å². The first-order valence-corrected chi connectivity index (χ1v) is 10.3. The molecule has 0 saturated heterocycles. The third kappa shape index (κ3) is 3.31. The maximum atomic E-state index is 14.0. The number of hydrogen-bond donors (Lipinski definition) is 0. The van der Waals surface area contributed by atoms with Crippen molar-refractivity contribution in [2.75, 3.05) is 0 Å². The third-order valence-electron chi connectivity index (χ3n) is 5.20. The Morgan fingerprint density at radius 2 is 1.78 bits per heavy atom. The highest BCUT2D eigenvalue weighted by molar-refractivity contribution is 9.10. The number of nitriles is 1. The van der Waals surface area contributed by atoms with E-state index in [0.29, 0.717) is 32.4 Å². The van der Waals surface area contributed by atoms with E-state index in [1.807, 2.05) is 36.4 Å². The van der Waals surface area contributed by atoms with Gasteiger partial charge in [0.25, 0.3) is 0 Å². The van der Waals surface area contributed by atoms with Crippen LogP contribution in [0.2, 0.25) is 0 Å². The van der Waals surface area contributed by atoms with E-state index in [4.69, 9.17) is 5.26 Å². The standard InChI is InChI=1S/C24H12BrF3N4/c25-19-11-17(9-8-15(19)12-29)32-21-7-3-5-18(22(21)23(31-32)24(26,27)28)16-10-14-4-1-2-6-20(14)30-13-16/h1-11,13H. The van der Waals surface area contributed by atoms with Gasteiger partial charge in [-0.3, -0.25) is 4.98 Å². The van der Waals surface area contributed by atoms with Crippen molar-refractivity contribution < 1.29 is 13.2 Å². The van der Waals surface area contributed by atoms with Crippen molar-refractivity contribution >= 4 is 37.7 Å². The van der Waals surface area contributed by atoms with Crippen molar-refractivity contribution in [2.45, 2.75) is 6.18 Å². The predicted molar refractivity (Wildman–Crippen MR) is 119 cm³/mol. The van der Waals surface area contributed by atoms with Crippen LogP contribution in [-0.4, -0.2) is 14.8 Å². The van der Waals surface area contributed by atoms with Crippen LogP contribution in [0.4, 0.5) is 13.2 Å². The quantitative estimate of drug-likeness (QED) is 0.269. The van der Waals surface area contributed by atoms with E-state index in [2.05, 4.69) is 26.0 Å². The molecule has 0 aliphatic heterocycles. The molecule has 2 heterocycles. The van der Waals surface area contributed by atoms with Gasteiger partial charge in [0, 0.05) is 27.0 Å². The number of alkyl halides is 3. The first-order chi connectivity index (χ1) is 15.4. The third-order valence-corrected chi connectivity index (χ3v) is 5.85. The highest BCUT2D eigenvalue weighted by Crippen LogP contribution is 2.40. The number of rotatable bonds is 2. The topological polar surface area (TPSA) is 54.5 Å². The molecule has 4 nitrogen and oxygen atoms in total. The first-order valence-electron chi connectivity index (χ1n) is 9.51. The number of benzene rings is 3. The Bertz CT molecular complexity index is 1550. The van der Waals surface area contributed by atoms with Gasteiger partial charge in [0.1, 0.15) is 6.07 Å². The monoisotopic (exact) mass is 492 g/mol. The molecule has 0 saturated carbocycles. The zero-order chi connectivity index (χ0) is 22.5. The Morgan fingerprint density at radius 1 is 0.969 bits per heavy atom. The van der Waals surface area contributed by atoms with Gasteiger partial charge in [-0.1, -0.05) is 30.3 Å². The molecule has 5 aromatic rings. The van der Waals surface area contributed by atoms with E-state index in [1.165, 1.54) is 10.7 Å². The molecule has 0 unspecified atom stereocenters. The van der Waals surface area contributed by atoms with Crippen LogP contribution in [0.5, 0.6) is 0 Å². The Morgan fingerprint density at radius 3 is 2.53 bits per heavy atom. The van der Waals surface area contributed by atoms with Crippen molar-refractivity contribution in [3.63, 3.8) is 0 Å². The Kier molecular flexibility index (Phi) is 4.72. The molecule has 32 heavy (non-hydrogen) atoms. The van der Waals surface area contributed by atoms with Gasteiger partial charge in [-0.25, -0.2) is 4.68 Å². The van der Waals surface area contributed by atoms with E-state index in [9.17, 15) is 13.2 Å². The fourth-order valence-corrected chi connectivity index (χ4v) is 4.21. The van der Waals surface area contributed by atoms with Crippen molar-refractivity contribution in [1.82, 2.24) is 14.8 Å². The lowest BCUT2D eigenvalue weighted by Crippen LogP contribution is -2.08. The van der Waals surface area contributed by atoms with Crippen molar-refractivity contribution in [3.05, 3.63) is 88.7 Å². The number of para-hydroxylation sites is 1. The van der Waals surface area contributed by atoms with Crippen LogP contribution in [0.3, 0.4) is 0 Å². The molecule has 0 spiro atoms. The van der Waals surface area contributed by atoms with Gasteiger partial charge in [0.2, 0.25) is 0 Å². The Hall–Kier alpha value is -3.70. The molecule has 0 fully saturated rings. The smallest absolute Gasteiger partial charge is 0.256 e. The van der Waals surface area contributed by atoms with Crippen LogP contribution in [0, 0.1) is 11.3 Å². The second-order valence-electron chi connectivity index (χ2n) is 7.15. The number of fused-ring (bicyclic) bond motifs is 2. The van der Waals surface area contributed by atoms with Gasteiger partial charge in [-0.05, 0) is 57.9 Å². The summed E-state index contributed by atoms with van der Waals surface area (Å²) < 4.78 is 43.9. The largest absolute Gasteiger partial charge is 0.435 e. The summed E-state index contributed by atoms with van der Waals surface area (Å²) in [6.07, 6.45) is -3.08. The highest BCUT2D eigenvalue weighted by Gasteiger charge is 2.38. The van der Waals surface area contributed by atoms with E-state index in [-0.39, 0.29) is 5.39 Å². The summed E-state index contributed by atoms with van der Waals surface area (Å²) in [5.74, 6) is 0. The minimum Gasteiger partial charge on any atom is -0.256 e. The molecule has 8 heteroatoms. The molecule has 0 radical (unpaired) electrons. The molecule has 156 valence electrons. The van der Waals surface area contributed by atoms with Crippen LogP contribution in [0.15, 0.2) is 77.4 Å². The molecule has 5 rings (SSSR count). The molecular weight excluding hydrogens is 481 g/mol. The lowest BCUT2D eigenvalue weighted by molar-refractivity contribution is -0.140. The minimum atomic E-state index is -4.66. The summed E-state index contributed by atoms with van der Waals surface area (Å²) in [5.41, 5.74) is 1.84. The predicted octanol–water partition coefficient (Wildman–Crippen LogP) is 6.89. The molecule has 3 aromatic carbocycles. The second-order valence-corrected chi connectivity index (χ2v) is 8.00. The molecular formula is C24H12BrF3N4. The summed E-state index contributed by atoms with van der Waals surface area (Å²) in [4.78, 5) is 4.41. The van der Waals surface area contributed by atoms with Crippen LogP contribution in [0.1, 0.15) is 11.3 Å². The normalized spacial score (nSPS) is 11.7. The minimum absolute atomic E-state index is 0.00226. The second kappa shape index (κ2) is 7.46. The fourth-order valence-electron chi connectivity index (χ4n) is 3.75. The number of hydrogen-bond acceptors (Lipinski definition) is 3. The van der Waals surface area contributed by atoms with E-state index < -0.39 is 11.9 Å². The van der Waals surface area contributed by atoms with Crippen LogP contribution in [-0.2, 0) is 6.18 Å². The van der Waals surface area contributed by atoms with Gasteiger partial charge in [0.05, 0.1) is 22.3 Å². The molecule has 0 aliphatic carbocycles. The van der Waals surface area contributed by atoms with Gasteiger partial charge in [-0.2, -0.15) is 23.5 Å². The zero-order valence-electron chi connectivity index (χ0n) is 16.2. The number of halogens is 4. The summed E-state index contributed by atoms with van der Waals surface area (Å²) in [7, 11) is 0. The van der Waals surface area contributed by atoms with Crippen LogP contribution >= 0.6 is 15.9 Å². The SMILES string of the molecule is N#Cc1ccc(-n2nc(C(F)(F)F)c3c(-c4cnc5ccccc5c4)cccc32)cc1Br. The number of pyridine rings is 1. The highest BCUT2D eigenvalue weighted by atomic mass is 79.9. The molecule has 0 N–H and O–H groups in total. The summed E-state index contributed by atoms with van der Waals surface area (Å²) in [5, 5.41) is 13.9. The van der Waals surface area contributed by atoms with Gasteiger partial charge >= 0.3 is 6.18 Å². The lowest BCUT2D eigenvalue weighted by Gasteiger charge is -2.09. The first kappa shape index (κ1) is 20.2. The van der Waals surface area contributed by atoms with Crippen LogP contribution in [0.25, 0.3) is 38.6 Å². The van der Waals surface area contributed by atoms with Gasteiger partial charge in [0.15, 0.2) is 5.69 Å². The number of aromatic nitrogens is 3. The maximum Gasteiger partial charge on any atom is 0.435 e. The summed E-state index contributed by atoms with van der Waals surface area (Å²) in [6, 6.07) is 20.9. The number of nitrogens with zero attached hydrogens (tertiary/aromatic N) is 4. The molecule has 2 aromatic heterocycles. The van der Waals surface area contributed by atoms with E-state index >= 15 is 0 Å². The maximum absolute atomic E-state index is 14.0. The van der Waals surface area contributed by atoms with E-state index in [0.717, 1.165) is 10.9 Å². The molecule has 0 atom stereocenters. The van der Waals surface area contributed by atoms with Crippen molar-refractivity contribution in [3.8, 4) is 22.9 Å². The molecule has 0 aliphatic rings. The summed E-state index contributed by atoms with van der Waals surface area (Å²) >= 11 is 3.30.